The smallest absolute Gasteiger partial charge is 0.407 e. The average molecular weight is 283 g/mol. The Morgan fingerprint density at radius 3 is 2.90 bits per heavy atom. The highest BCUT2D eigenvalue weighted by molar-refractivity contribution is 5.70. The summed E-state index contributed by atoms with van der Waals surface area (Å²) in [6.45, 7) is 2.63. The van der Waals surface area contributed by atoms with Crippen molar-refractivity contribution in [3.8, 4) is 0 Å². The molecule has 1 aromatic rings. The summed E-state index contributed by atoms with van der Waals surface area (Å²) in [7, 11) is 0. The molecule has 2 saturated heterocycles. The highest BCUT2D eigenvalue weighted by Crippen LogP contribution is 2.48. The first-order valence-electron chi connectivity index (χ1n) is 6.45. The minimum atomic E-state index is -1.10. The highest BCUT2D eigenvalue weighted by atomic mass is 19.1. The van der Waals surface area contributed by atoms with Crippen molar-refractivity contribution in [1.82, 2.24) is 5.32 Å². The first-order valence-corrected chi connectivity index (χ1v) is 6.45. The molecular weight excluding hydrogens is 268 g/mol. The van der Waals surface area contributed by atoms with Crippen LogP contribution in [0.25, 0.3) is 0 Å². The van der Waals surface area contributed by atoms with Crippen molar-refractivity contribution in [3.05, 3.63) is 35.4 Å². The number of hydrogen-bond acceptors (Lipinski definition) is 3. The van der Waals surface area contributed by atoms with E-state index in [1.807, 2.05) is 6.92 Å². The third kappa shape index (κ3) is 1.78. The third-order valence-electron chi connectivity index (χ3n) is 4.37. The summed E-state index contributed by atoms with van der Waals surface area (Å²) in [5.74, 6) is -1.12. The molecule has 20 heavy (non-hydrogen) atoms. The Balaban J connectivity index is 2.18. The van der Waals surface area contributed by atoms with Gasteiger partial charge in [-0.25, -0.2) is 13.6 Å². The standard InChI is InChI=1S/C14H15F2NO3/c1-13-4-5-19-8-14(13,17-12(18)20-7-13)10-6-9(15)2-3-11(10)16/h2-3,6H,4-5,7-8H2,1H3,(H,17,18). The molecule has 2 fully saturated rings. The summed E-state index contributed by atoms with van der Waals surface area (Å²) in [6, 6.07) is 3.24. The monoisotopic (exact) mass is 283 g/mol. The van der Waals surface area contributed by atoms with E-state index in [9.17, 15) is 13.6 Å². The zero-order chi connectivity index (χ0) is 14.4. The number of carbonyl (C=O) groups excluding carboxylic acids is 1. The molecule has 6 heteroatoms. The van der Waals surface area contributed by atoms with Crippen molar-refractivity contribution in [2.24, 2.45) is 5.41 Å². The number of nitrogens with one attached hydrogen (secondary N) is 1. The van der Waals surface area contributed by atoms with E-state index in [4.69, 9.17) is 9.47 Å². The molecule has 1 N–H and O–H groups in total. The molecule has 2 atom stereocenters. The maximum atomic E-state index is 14.2. The predicted octanol–water partition coefficient (Wildman–Crippen LogP) is 2.33. The maximum absolute atomic E-state index is 14.2. The molecule has 2 aliphatic heterocycles. The van der Waals surface area contributed by atoms with Crippen LogP contribution in [0.3, 0.4) is 0 Å². The molecular formula is C14H15F2NO3. The number of rotatable bonds is 1. The average Bonchev–Trinajstić information content (AvgIpc) is 2.42. The van der Waals surface area contributed by atoms with Gasteiger partial charge in [0.25, 0.3) is 0 Å². The Hall–Kier alpha value is -1.69. The molecule has 4 nitrogen and oxygen atoms in total. The number of cyclic esters (lactones) is 1. The van der Waals surface area contributed by atoms with Gasteiger partial charge < -0.3 is 14.8 Å². The Labute approximate surface area is 115 Å². The third-order valence-corrected chi connectivity index (χ3v) is 4.37. The van der Waals surface area contributed by atoms with Crippen LogP contribution in [0.4, 0.5) is 13.6 Å². The highest BCUT2D eigenvalue weighted by Gasteiger charge is 2.57. The predicted molar refractivity (Wildman–Crippen MR) is 66.1 cm³/mol. The van der Waals surface area contributed by atoms with Gasteiger partial charge >= 0.3 is 6.09 Å². The lowest BCUT2D eigenvalue weighted by atomic mass is 9.64. The molecule has 108 valence electrons. The number of hydrogen-bond donors (Lipinski definition) is 1. The Bertz CT molecular complexity index is 565. The summed E-state index contributed by atoms with van der Waals surface area (Å²) >= 11 is 0. The zero-order valence-corrected chi connectivity index (χ0v) is 11.0. The van der Waals surface area contributed by atoms with Crippen LogP contribution in [0.5, 0.6) is 0 Å². The Kier molecular flexibility index (Phi) is 2.93. The van der Waals surface area contributed by atoms with Crippen molar-refractivity contribution in [1.29, 1.82) is 0 Å². The lowest BCUT2D eigenvalue weighted by Gasteiger charge is -2.53. The number of alkyl carbamates (subject to hydrolysis) is 1. The van der Waals surface area contributed by atoms with Gasteiger partial charge in [0.15, 0.2) is 0 Å². The van der Waals surface area contributed by atoms with Crippen LogP contribution in [0.2, 0.25) is 0 Å². The first-order chi connectivity index (χ1) is 9.47. The van der Waals surface area contributed by atoms with Crippen LogP contribution >= 0.6 is 0 Å². The zero-order valence-electron chi connectivity index (χ0n) is 11.0. The normalized spacial score (nSPS) is 33.0. The minimum Gasteiger partial charge on any atom is -0.449 e. The largest absolute Gasteiger partial charge is 0.449 e. The quantitative estimate of drug-likeness (QED) is 0.860. The van der Waals surface area contributed by atoms with Gasteiger partial charge in [-0.3, -0.25) is 0 Å². The Morgan fingerprint density at radius 1 is 1.30 bits per heavy atom. The summed E-state index contributed by atoms with van der Waals surface area (Å²) in [5.41, 5.74) is -1.54. The molecule has 2 heterocycles. The fourth-order valence-corrected chi connectivity index (χ4v) is 3.02. The maximum Gasteiger partial charge on any atom is 0.407 e. The van der Waals surface area contributed by atoms with Crippen molar-refractivity contribution in [3.63, 3.8) is 0 Å². The molecule has 0 radical (unpaired) electrons. The number of ether oxygens (including phenoxy) is 2. The van der Waals surface area contributed by atoms with E-state index in [0.29, 0.717) is 13.0 Å². The van der Waals surface area contributed by atoms with E-state index < -0.39 is 28.7 Å². The topological polar surface area (TPSA) is 47.6 Å². The van der Waals surface area contributed by atoms with E-state index in [2.05, 4.69) is 5.32 Å². The number of fused-ring (bicyclic) bond motifs is 1. The molecule has 3 rings (SSSR count). The van der Waals surface area contributed by atoms with E-state index in [1.165, 1.54) is 0 Å². The van der Waals surface area contributed by atoms with Crippen molar-refractivity contribution >= 4 is 6.09 Å². The van der Waals surface area contributed by atoms with Gasteiger partial charge in [0.1, 0.15) is 23.8 Å². The molecule has 0 spiro atoms. The Morgan fingerprint density at radius 2 is 2.10 bits per heavy atom. The minimum absolute atomic E-state index is 0.0962. The lowest BCUT2D eigenvalue weighted by molar-refractivity contribution is -0.118. The number of amides is 1. The fraction of sp³-hybridized carbons (Fsp3) is 0.500. The van der Waals surface area contributed by atoms with Crippen molar-refractivity contribution in [2.45, 2.75) is 18.9 Å². The van der Waals surface area contributed by atoms with E-state index in [1.54, 1.807) is 0 Å². The lowest BCUT2D eigenvalue weighted by Crippen LogP contribution is -2.67. The van der Waals surface area contributed by atoms with Crippen LogP contribution in [0, 0.1) is 17.0 Å². The van der Waals surface area contributed by atoms with E-state index in [0.717, 1.165) is 18.2 Å². The van der Waals surface area contributed by atoms with Crippen LogP contribution in [-0.4, -0.2) is 25.9 Å². The van der Waals surface area contributed by atoms with Gasteiger partial charge in [-0.15, -0.1) is 0 Å². The molecule has 2 unspecified atom stereocenters. The SMILES string of the molecule is CC12CCOCC1(c1cc(F)ccc1F)NC(=O)OC2. The summed E-state index contributed by atoms with van der Waals surface area (Å²) in [6.07, 6.45) is -0.0555. The molecule has 0 aromatic heterocycles. The number of halogens is 2. The van der Waals surface area contributed by atoms with Crippen molar-refractivity contribution < 1.29 is 23.0 Å². The first kappa shape index (κ1) is 13.3. The van der Waals surface area contributed by atoms with Gasteiger partial charge in [-0.05, 0) is 24.6 Å². The van der Waals surface area contributed by atoms with Gasteiger partial charge in [0.2, 0.25) is 0 Å². The van der Waals surface area contributed by atoms with Gasteiger partial charge in [0, 0.05) is 17.6 Å². The van der Waals surface area contributed by atoms with Crippen LogP contribution in [0.15, 0.2) is 18.2 Å². The van der Waals surface area contributed by atoms with Gasteiger partial charge in [0.05, 0.1) is 6.61 Å². The van der Waals surface area contributed by atoms with Crippen LogP contribution < -0.4 is 5.32 Å². The summed E-state index contributed by atoms with van der Waals surface area (Å²) in [5, 5.41) is 2.66. The second kappa shape index (κ2) is 4.41. The summed E-state index contributed by atoms with van der Waals surface area (Å²) < 4.78 is 38.2. The molecule has 2 aliphatic rings. The molecule has 1 aromatic carbocycles. The number of carbonyl (C=O) groups is 1. The summed E-state index contributed by atoms with van der Waals surface area (Å²) in [4.78, 5) is 11.6. The van der Waals surface area contributed by atoms with E-state index in [-0.39, 0.29) is 18.8 Å². The molecule has 0 saturated carbocycles. The van der Waals surface area contributed by atoms with Crippen LogP contribution in [0.1, 0.15) is 18.9 Å². The molecule has 0 aliphatic carbocycles. The molecule has 0 bridgehead atoms. The fourth-order valence-electron chi connectivity index (χ4n) is 3.02. The second-order valence-electron chi connectivity index (χ2n) is 5.59. The van der Waals surface area contributed by atoms with Crippen molar-refractivity contribution in [2.75, 3.05) is 19.8 Å². The second-order valence-corrected chi connectivity index (χ2v) is 5.59. The number of benzene rings is 1. The van der Waals surface area contributed by atoms with Gasteiger partial charge in [-0.1, -0.05) is 6.92 Å². The molecule has 1 amide bonds. The van der Waals surface area contributed by atoms with Crippen LogP contribution in [-0.2, 0) is 15.0 Å². The van der Waals surface area contributed by atoms with Gasteiger partial charge in [-0.2, -0.15) is 0 Å². The van der Waals surface area contributed by atoms with E-state index >= 15 is 0 Å².